The first-order valence-electron chi connectivity index (χ1n) is 3.98. The van der Waals surface area contributed by atoms with Crippen LogP contribution in [0.5, 0.6) is 0 Å². The molecule has 3 nitrogen and oxygen atoms in total. The molecular weight excluding hydrogens is 186 g/mol. The lowest BCUT2D eigenvalue weighted by Crippen LogP contribution is -2.35. The normalized spacial score (nSPS) is 14.1. The van der Waals surface area contributed by atoms with Gasteiger partial charge in [0.15, 0.2) is 0 Å². The second kappa shape index (κ2) is 3.47. The standard InChI is InChI=1S/C9H13NO2S/c1-9(2,8(11)12)7(10)6-4-3-5-13-6/h3-5,7H,10H2,1-2H3,(H,11,12)/t7-/m0/s1. The first kappa shape index (κ1) is 10.2. The summed E-state index contributed by atoms with van der Waals surface area (Å²) in [6.07, 6.45) is 0. The average Bonchev–Trinajstić information content (AvgIpc) is 2.54. The highest BCUT2D eigenvalue weighted by atomic mass is 32.1. The molecule has 0 radical (unpaired) electrons. The summed E-state index contributed by atoms with van der Waals surface area (Å²) in [6, 6.07) is 3.29. The molecular formula is C9H13NO2S. The van der Waals surface area contributed by atoms with E-state index in [9.17, 15) is 4.79 Å². The van der Waals surface area contributed by atoms with E-state index in [1.807, 2.05) is 17.5 Å². The smallest absolute Gasteiger partial charge is 0.311 e. The Morgan fingerprint density at radius 3 is 2.69 bits per heavy atom. The fourth-order valence-electron chi connectivity index (χ4n) is 0.957. The van der Waals surface area contributed by atoms with Crippen molar-refractivity contribution in [1.29, 1.82) is 0 Å². The molecule has 1 heterocycles. The summed E-state index contributed by atoms with van der Waals surface area (Å²) >= 11 is 1.49. The summed E-state index contributed by atoms with van der Waals surface area (Å²) in [4.78, 5) is 11.8. The number of thiophene rings is 1. The topological polar surface area (TPSA) is 63.3 Å². The fourth-order valence-corrected chi connectivity index (χ4v) is 1.87. The van der Waals surface area contributed by atoms with Gasteiger partial charge in [0.05, 0.1) is 11.5 Å². The third-order valence-electron chi connectivity index (χ3n) is 2.18. The molecule has 1 rings (SSSR count). The second-order valence-electron chi connectivity index (χ2n) is 3.52. The van der Waals surface area contributed by atoms with Crippen LogP contribution in [0.15, 0.2) is 17.5 Å². The largest absolute Gasteiger partial charge is 0.481 e. The highest BCUT2D eigenvalue weighted by molar-refractivity contribution is 7.10. The molecule has 1 atom stereocenters. The second-order valence-corrected chi connectivity index (χ2v) is 4.50. The van der Waals surface area contributed by atoms with Crippen LogP contribution in [-0.4, -0.2) is 11.1 Å². The van der Waals surface area contributed by atoms with Gasteiger partial charge in [-0.2, -0.15) is 0 Å². The average molecular weight is 199 g/mol. The lowest BCUT2D eigenvalue weighted by molar-refractivity contribution is -0.148. The minimum Gasteiger partial charge on any atom is -0.481 e. The van der Waals surface area contributed by atoms with Crippen LogP contribution in [0.4, 0.5) is 0 Å². The molecule has 0 aromatic carbocycles. The SMILES string of the molecule is CC(C)(C(=O)O)[C@@H](N)c1cccs1. The number of carbonyl (C=O) groups is 1. The Balaban J connectivity index is 2.90. The van der Waals surface area contributed by atoms with Crippen molar-refractivity contribution in [2.45, 2.75) is 19.9 Å². The van der Waals surface area contributed by atoms with Crippen molar-refractivity contribution >= 4 is 17.3 Å². The van der Waals surface area contributed by atoms with Crippen LogP contribution in [0.2, 0.25) is 0 Å². The fraction of sp³-hybridized carbons (Fsp3) is 0.444. The van der Waals surface area contributed by atoms with Crippen molar-refractivity contribution in [3.05, 3.63) is 22.4 Å². The number of hydrogen-bond acceptors (Lipinski definition) is 3. The van der Waals surface area contributed by atoms with Crippen molar-refractivity contribution in [3.63, 3.8) is 0 Å². The van der Waals surface area contributed by atoms with Crippen LogP contribution < -0.4 is 5.73 Å². The summed E-state index contributed by atoms with van der Waals surface area (Å²) in [6.45, 7) is 3.28. The van der Waals surface area contributed by atoms with Gasteiger partial charge in [-0.1, -0.05) is 6.07 Å². The van der Waals surface area contributed by atoms with Gasteiger partial charge < -0.3 is 10.8 Å². The van der Waals surface area contributed by atoms with Gasteiger partial charge in [-0.15, -0.1) is 11.3 Å². The Bertz CT molecular complexity index is 293. The minimum atomic E-state index is -0.912. The highest BCUT2D eigenvalue weighted by Gasteiger charge is 2.35. The van der Waals surface area contributed by atoms with Crippen LogP contribution >= 0.6 is 11.3 Å². The van der Waals surface area contributed by atoms with E-state index in [4.69, 9.17) is 10.8 Å². The van der Waals surface area contributed by atoms with Gasteiger partial charge in [-0.3, -0.25) is 4.79 Å². The number of carboxylic acids is 1. The summed E-state index contributed by atoms with van der Waals surface area (Å²) in [7, 11) is 0. The van der Waals surface area contributed by atoms with Gasteiger partial charge >= 0.3 is 5.97 Å². The molecule has 13 heavy (non-hydrogen) atoms. The summed E-state index contributed by atoms with van der Waals surface area (Å²) in [5.74, 6) is -0.867. The number of aliphatic carboxylic acids is 1. The molecule has 0 aliphatic rings. The molecule has 3 N–H and O–H groups in total. The summed E-state index contributed by atoms with van der Waals surface area (Å²) in [5, 5.41) is 10.8. The van der Waals surface area contributed by atoms with Crippen molar-refractivity contribution < 1.29 is 9.90 Å². The Kier molecular flexibility index (Phi) is 2.73. The Hall–Kier alpha value is -0.870. The molecule has 0 unspecified atom stereocenters. The first-order valence-corrected chi connectivity index (χ1v) is 4.86. The Morgan fingerprint density at radius 1 is 1.69 bits per heavy atom. The molecule has 0 saturated carbocycles. The third kappa shape index (κ3) is 1.89. The lowest BCUT2D eigenvalue weighted by atomic mass is 9.84. The van der Waals surface area contributed by atoms with Gasteiger partial charge in [0, 0.05) is 4.88 Å². The van der Waals surface area contributed by atoms with E-state index in [0.717, 1.165) is 4.88 Å². The summed E-state index contributed by atoms with van der Waals surface area (Å²) in [5.41, 5.74) is 4.94. The van der Waals surface area contributed by atoms with Crippen molar-refractivity contribution in [2.75, 3.05) is 0 Å². The molecule has 0 amide bonds. The maximum Gasteiger partial charge on any atom is 0.311 e. The van der Waals surface area contributed by atoms with Crippen LogP contribution in [-0.2, 0) is 4.79 Å². The molecule has 72 valence electrons. The maximum absolute atomic E-state index is 10.9. The molecule has 1 aromatic rings. The molecule has 0 spiro atoms. The molecule has 1 aromatic heterocycles. The van der Waals surface area contributed by atoms with E-state index >= 15 is 0 Å². The zero-order valence-electron chi connectivity index (χ0n) is 7.65. The zero-order chi connectivity index (χ0) is 10.1. The zero-order valence-corrected chi connectivity index (χ0v) is 8.47. The summed E-state index contributed by atoms with van der Waals surface area (Å²) < 4.78 is 0. The van der Waals surface area contributed by atoms with Crippen LogP contribution in [0.1, 0.15) is 24.8 Å². The molecule has 4 heteroatoms. The van der Waals surface area contributed by atoms with E-state index in [1.54, 1.807) is 13.8 Å². The van der Waals surface area contributed by atoms with Gasteiger partial charge in [0.1, 0.15) is 0 Å². The van der Waals surface area contributed by atoms with Crippen molar-refractivity contribution in [3.8, 4) is 0 Å². The quantitative estimate of drug-likeness (QED) is 0.781. The third-order valence-corrected chi connectivity index (χ3v) is 3.13. The number of hydrogen-bond donors (Lipinski definition) is 2. The predicted octanol–water partition coefficient (Wildman–Crippen LogP) is 1.86. The first-order chi connectivity index (χ1) is 5.96. The van der Waals surface area contributed by atoms with Crippen LogP contribution in [0.25, 0.3) is 0 Å². The number of nitrogens with two attached hydrogens (primary N) is 1. The van der Waals surface area contributed by atoms with Crippen molar-refractivity contribution in [1.82, 2.24) is 0 Å². The Morgan fingerprint density at radius 2 is 2.31 bits per heavy atom. The highest BCUT2D eigenvalue weighted by Crippen LogP contribution is 2.33. The number of carboxylic acid groups (broad SMARTS) is 1. The van der Waals surface area contributed by atoms with E-state index in [-0.39, 0.29) is 0 Å². The van der Waals surface area contributed by atoms with Gasteiger partial charge in [0.2, 0.25) is 0 Å². The molecule has 0 aliphatic carbocycles. The molecule has 0 aliphatic heterocycles. The minimum absolute atomic E-state index is 0.440. The molecule has 0 bridgehead atoms. The van der Waals surface area contributed by atoms with Crippen LogP contribution in [0.3, 0.4) is 0 Å². The Labute approximate surface area is 81.2 Å². The van der Waals surface area contributed by atoms with Gasteiger partial charge in [0.25, 0.3) is 0 Å². The predicted molar refractivity (Wildman–Crippen MR) is 52.7 cm³/mol. The van der Waals surface area contributed by atoms with E-state index < -0.39 is 17.4 Å². The molecule has 0 saturated heterocycles. The van der Waals surface area contributed by atoms with E-state index in [2.05, 4.69) is 0 Å². The van der Waals surface area contributed by atoms with E-state index in [0.29, 0.717) is 0 Å². The van der Waals surface area contributed by atoms with Crippen molar-refractivity contribution in [2.24, 2.45) is 11.1 Å². The lowest BCUT2D eigenvalue weighted by Gasteiger charge is -2.25. The van der Waals surface area contributed by atoms with E-state index in [1.165, 1.54) is 11.3 Å². The number of rotatable bonds is 3. The molecule has 0 fully saturated rings. The van der Waals surface area contributed by atoms with Gasteiger partial charge in [-0.05, 0) is 25.3 Å². The monoisotopic (exact) mass is 199 g/mol. The van der Waals surface area contributed by atoms with Crippen LogP contribution in [0, 0.1) is 5.41 Å². The van der Waals surface area contributed by atoms with Gasteiger partial charge in [-0.25, -0.2) is 0 Å². The maximum atomic E-state index is 10.9.